The van der Waals surface area contributed by atoms with Gasteiger partial charge in [0.05, 0.1) is 0 Å². The van der Waals surface area contributed by atoms with E-state index in [-0.39, 0.29) is 11.4 Å². The van der Waals surface area contributed by atoms with E-state index in [1.165, 1.54) is 11.3 Å². The Morgan fingerprint density at radius 2 is 2.12 bits per heavy atom. The summed E-state index contributed by atoms with van der Waals surface area (Å²) >= 11 is 16.5. The summed E-state index contributed by atoms with van der Waals surface area (Å²) in [5.41, 5.74) is -0.289. The van der Waals surface area contributed by atoms with Gasteiger partial charge in [0, 0.05) is 14.9 Å². The number of rotatable bonds is 2. The molecule has 2 nitrogen and oxygen atoms in total. The van der Waals surface area contributed by atoms with Crippen molar-refractivity contribution < 1.29 is 4.79 Å². The first-order valence-electron chi connectivity index (χ1n) is 4.61. The van der Waals surface area contributed by atoms with E-state index in [9.17, 15) is 4.79 Å². The van der Waals surface area contributed by atoms with E-state index >= 15 is 0 Å². The van der Waals surface area contributed by atoms with E-state index in [0.29, 0.717) is 4.34 Å². The largest absolute Gasteiger partial charge is 0.350 e. The summed E-state index contributed by atoms with van der Waals surface area (Å²) in [7, 11) is 0. The molecule has 1 atom stereocenters. The van der Waals surface area contributed by atoms with E-state index < -0.39 is 5.38 Å². The van der Waals surface area contributed by atoms with Crippen molar-refractivity contribution in [2.45, 2.75) is 31.7 Å². The quantitative estimate of drug-likeness (QED) is 0.793. The second kappa shape index (κ2) is 5.25. The van der Waals surface area contributed by atoms with Crippen LogP contribution < -0.4 is 5.32 Å². The molecular formula is C10H12BrCl2NOS. The second-order valence-corrected chi connectivity index (χ2v) is 7.35. The van der Waals surface area contributed by atoms with E-state index in [1.54, 1.807) is 6.07 Å². The minimum absolute atomic E-state index is 0.209. The van der Waals surface area contributed by atoms with E-state index in [2.05, 4.69) is 21.2 Å². The van der Waals surface area contributed by atoms with Crippen molar-refractivity contribution in [2.24, 2.45) is 0 Å². The Morgan fingerprint density at radius 1 is 1.56 bits per heavy atom. The number of alkyl halides is 1. The number of halogens is 3. The summed E-state index contributed by atoms with van der Waals surface area (Å²) in [6.45, 7) is 5.73. The molecule has 6 heteroatoms. The molecular weight excluding hydrogens is 333 g/mol. The molecule has 1 aromatic heterocycles. The van der Waals surface area contributed by atoms with Gasteiger partial charge in [0.25, 0.3) is 0 Å². The predicted molar refractivity (Wildman–Crippen MR) is 73.5 cm³/mol. The van der Waals surface area contributed by atoms with Crippen molar-refractivity contribution in [3.8, 4) is 0 Å². The molecule has 1 aromatic rings. The van der Waals surface area contributed by atoms with Crippen LogP contribution >= 0.6 is 50.5 Å². The maximum Gasteiger partial charge on any atom is 0.243 e. The first-order chi connectivity index (χ1) is 7.20. The fourth-order valence-corrected chi connectivity index (χ4v) is 3.01. The lowest BCUT2D eigenvalue weighted by molar-refractivity contribution is -0.122. The Hall–Kier alpha value is 0.230. The lowest BCUT2D eigenvalue weighted by atomic mass is 10.1. The highest BCUT2D eigenvalue weighted by atomic mass is 79.9. The van der Waals surface area contributed by atoms with Crippen LogP contribution in [0.15, 0.2) is 10.5 Å². The Labute approximate surface area is 117 Å². The molecule has 0 aliphatic rings. The van der Waals surface area contributed by atoms with Crippen LogP contribution in [0.4, 0.5) is 0 Å². The molecule has 1 unspecified atom stereocenters. The van der Waals surface area contributed by atoms with E-state index in [1.807, 2.05) is 20.8 Å². The zero-order valence-corrected chi connectivity index (χ0v) is 13.0. The molecule has 1 rings (SSSR count). The third-order valence-corrected chi connectivity index (χ3v) is 4.74. The van der Waals surface area contributed by atoms with Crippen LogP contribution in [0, 0.1) is 0 Å². The van der Waals surface area contributed by atoms with Crippen LogP contribution in [0.3, 0.4) is 0 Å². The topological polar surface area (TPSA) is 29.1 Å². The van der Waals surface area contributed by atoms with Gasteiger partial charge < -0.3 is 5.32 Å². The molecule has 0 spiro atoms. The summed E-state index contributed by atoms with van der Waals surface area (Å²) in [6, 6.07) is 1.77. The van der Waals surface area contributed by atoms with Crippen LogP contribution in [-0.2, 0) is 4.79 Å². The zero-order chi connectivity index (χ0) is 12.5. The van der Waals surface area contributed by atoms with Gasteiger partial charge in [-0.15, -0.1) is 22.9 Å². The van der Waals surface area contributed by atoms with Crippen molar-refractivity contribution in [3.63, 3.8) is 0 Å². The van der Waals surface area contributed by atoms with Gasteiger partial charge in [-0.3, -0.25) is 4.79 Å². The number of nitrogens with one attached hydrogen (secondary N) is 1. The molecule has 0 bridgehead atoms. The molecule has 1 N–H and O–H groups in total. The van der Waals surface area contributed by atoms with Crippen molar-refractivity contribution in [1.29, 1.82) is 0 Å². The molecule has 0 aliphatic carbocycles. The molecule has 0 fully saturated rings. The molecule has 0 radical (unpaired) electrons. The number of carbonyl (C=O) groups is 1. The lowest BCUT2D eigenvalue weighted by Gasteiger charge is -2.22. The summed E-state index contributed by atoms with van der Waals surface area (Å²) < 4.78 is 1.37. The van der Waals surface area contributed by atoms with Gasteiger partial charge in [0.15, 0.2) is 0 Å². The third-order valence-electron chi connectivity index (χ3n) is 1.64. The first-order valence-corrected chi connectivity index (χ1v) is 7.04. The highest BCUT2D eigenvalue weighted by Crippen LogP contribution is 2.37. The number of thiophene rings is 1. The lowest BCUT2D eigenvalue weighted by Crippen LogP contribution is -2.42. The van der Waals surface area contributed by atoms with Crippen molar-refractivity contribution in [2.75, 3.05) is 0 Å². The first kappa shape index (κ1) is 14.3. The minimum atomic E-state index is -0.701. The summed E-state index contributed by atoms with van der Waals surface area (Å²) in [5, 5.41) is 2.12. The second-order valence-electron chi connectivity index (χ2n) is 4.37. The molecule has 0 aliphatic heterocycles. The highest BCUT2D eigenvalue weighted by Gasteiger charge is 2.24. The molecule has 0 saturated carbocycles. The Bertz CT molecular complexity index is 381. The molecule has 1 heterocycles. The van der Waals surface area contributed by atoms with Gasteiger partial charge in [-0.05, 0) is 42.8 Å². The summed E-state index contributed by atoms with van der Waals surface area (Å²) in [6.07, 6.45) is 0. The van der Waals surface area contributed by atoms with Gasteiger partial charge in [-0.25, -0.2) is 0 Å². The van der Waals surface area contributed by atoms with Gasteiger partial charge in [0.1, 0.15) is 9.71 Å². The third kappa shape index (κ3) is 3.91. The Kier molecular flexibility index (Phi) is 4.69. The van der Waals surface area contributed by atoms with Crippen LogP contribution in [0.5, 0.6) is 0 Å². The fourth-order valence-electron chi connectivity index (χ4n) is 1.05. The molecule has 1 amide bonds. The van der Waals surface area contributed by atoms with Gasteiger partial charge >= 0.3 is 0 Å². The maximum absolute atomic E-state index is 11.8. The smallest absolute Gasteiger partial charge is 0.243 e. The maximum atomic E-state index is 11.8. The number of hydrogen-bond acceptors (Lipinski definition) is 2. The molecule has 16 heavy (non-hydrogen) atoms. The Balaban J connectivity index is 2.78. The SMILES string of the molecule is CC(C)(C)NC(=O)C(Cl)c1cc(Br)c(Cl)s1. The van der Waals surface area contributed by atoms with Gasteiger partial charge in [-0.1, -0.05) is 11.6 Å². The summed E-state index contributed by atoms with van der Waals surface area (Å²) in [5.74, 6) is -0.209. The van der Waals surface area contributed by atoms with Gasteiger partial charge in [0.2, 0.25) is 5.91 Å². The standard InChI is InChI=1S/C10H12BrCl2NOS/c1-10(2,3)14-9(15)7(12)6-4-5(11)8(13)16-6/h4,7H,1-3H3,(H,14,15). The molecule has 90 valence electrons. The van der Waals surface area contributed by atoms with Crippen LogP contribution in [-0.4, -0.2) is 11.4 Å². The Morgan fingerprint density at radius 3 is 2.50 bits per heavy atom. The number of carbonyl (C=O) groups excluding carboxylic acids is 1. The van der Waals surface area contributed by atoms with Crippen LogP contribution in [0.25, 0.3) is 0 Å². The average Bonchev–Trinajstić information content (AvgIpc) is 2.43. The van der Waals surface area contributed by atoms with E-state index in [0.717, 1.165) is 9.35 Å². The fraction of sp³-hybridized carbons (Fsp3) is 0.500. The van der Waals surface area contributed by atoms with Crippen LogP contribution in [0.1, 0.15) is 31.0 Å². The van der Waals surface area contributed by atoms with E-state index in [4.69, 9.17) is 23.2 Å². The minimum Gasteiger partial charge on any atom is -0.350 e. The zero-order valence-electron chi connectivity index (χ0n) is 9.11. The van der Waals surface area contributed by atoms with Crippen LogP contribution in [0.2, 0.25) is 4.34 Å². The van der Waals surface area contributed by atoms with Crippen molar-refractivity contribution in [3.05, 3.63) is 19.8 Å². The number of hydrogen-bond donors (Lipinski definition) is 1. The predicted octanol–water partition coefficient (Wildman–Crippen LogP) is 4.36. The van der Waals surface area contributed by atoms with Crippen molar-refractivity contribution in [1.82, 2.24) is 5.32 Å². The molecule has 0 saturated heterocycles. The van der Waals surface area contributed by atoms with Gasteiger partial charge in [-0.2, -0.15) is 0 Å². The monoisotopic (exact) mass is 343 g/mol. The van der Waals surface area contributed by atoms with Crippen molar-refractivity contribution >= 4 is 56.4 Å². The highest BCUT2D eigenvalue weighted by molar-refractivity contribution is 9.10. The average molecular weight is 345 g/mol. The normalized spacial score (nSPS) is 13.6. The summed E-state index contributed by atoms with van der Waals surface area (Å²) in [4.78, 5) is 12.5. The number of amides is 1. The molecule has 0 aromatic carbocycles.